The normalized spacial score (nSPS) is 35.8. The summed E-state index contributed by atoms with van der Waals surface area (Å²) in [5.41, 5.74) is 2.21. The number of hydrogen-bond donors (Lipinski definition) is 2. The Morgan fingerprint density at radius 3 is 2.31 bits per heavy atom. The number of carboxylic acids is 1. The molecule has 0 bridgehead atoms. The molecule has 1 aromatic rings. The highest BCUT2D eigenvalue weighted by Gasteiger charge is 2.66. The van der Waals surface area contributed by atoms with Gasteiger partial charge >= 0.3 is 11.9 Å². The summed E-state index contributed by atoms with van der Waals surface area (Å²) in [5, 5.41) is 14.0. The first-order valence-corrected chi connectivity index (χ1v) is 20.5. The van der Waals surface area contributed by atoms with Gasteiger partial charge in [0.2, 0.25) is 0 Å². The van der Waals surface area contributed by atoms with Crippen molar-refractivity contribution in [2.24, 2.45) is 56.7 Å². The van der Waals surface area contributed by atoms with E-state index in [9.17, 15) is 19.5 Å². The van der Waals surface area contributed by atoms with E-state index in [0.717, 1.165) is 62.8 Å². The number of rotatable bonds is 10. The van der Waals surface area contributed by atoms with Gasteiger partial charge in [0.15, 0.2) is 5.78 Å². The summed E-state index contributed by atoms with van der Waals surface area (Å²) in [7, 11) is 0. The number of allylic oxidation sites excluding steroid dienone is 2. The van der Waals surface area contributed by atoms with Crippen molar-refractivity contribution in [3.05, 3.63) is 40.2 Å². The summed E-state index contributed by atoms with van der Waals surface area (Å²) >= 11 is 6.14. The van der Waals surface area contributed by atoms with E-state index < -0.39 is 17.4 Å². The number of aromatic nitrogens is 1. The third-order valence-corrected chi connectivity index (χ3v) is 15.9. The average molecular weight is 737 g/mol. The molecule has 0 aromatic carbocycles. The Balaban J connectivity index is 1.22. The van der Waals surface area contributed by atoms with Crippen molar-refractivity contribution in [3.8, 4) is 0 Å². The molecule has 5 aliphatic rings. The van der Waals surface area contributed by atoms with Crippen LogP contribution in [0.15, 0.2) is 29.5 Å². The highest BCUT2D eigenvalue weighted by Crippen LogP contribution is 2.73. The molecule has 7 nitrogen and oxygen atoms in total. The first kappa shape index (κ1) is 39.4. The van der Waals surface area contributed by atoms with Gasteiger partial charge in [-0.25, -0.2) is 0 Å². The van der Waals surface area contributed by atoms with Gasteiger partial charge in [0, 0.05) is 23.4 Å². The van der Waals surface area contributed by atoms with Crippen LogP contribution in [-0.2, 0) is 24.7 Å². The molecule has 8 heteroatoms. The zero-order valence-electron chi connectivity index (χ0n) is 33.6. The fourth-order valence-corrected chi connectivity index (χ4v) is 13.1. The van der Waals surface area contributed by atoms with E-state index in [-0.39, 0.29) is 45.6 Å². The van der Waals surface area contributed by atoms with Gasteiger partial charge in [-0.3, -0.25) is 19.4 Å². The number of fused-ring (bicyclic) bond motifs is 7. The quantitative estimate of drug-likeness (QED) is 0.230. The van der Waals surface area contributed by atoms with Crippen LogP contribution in [0.2, 0.25) is 5.02 Å². The van der Waals surface area contributed by atoms with Gasteiger partial charge < -0.3 is 15.2 Å². The van der Waals surface area contributed by atoms with E-state index in [0.29, 0.717) is 40.9 Å². The number of carboxylic acid groups (broad SMARTS) is 1. The number of halogens is 1. The Hall–Kier alpha value is -2.25. The molecular weight excluding hydrogens is 672 g/mol. The molecule has 4 saturated carbocycles. The highest BCUT2D eigenvalue weighted by atomic mass is 35.5. The van der Waals surface area contributed by atoms with Crippen LogP contribution >= 0.6 is 11.6 Å². The number of pyridine rings is 1. The van der Waals surface area contributed by atoms with Gasteiger partial charge in [0.05, 0.1) is 28.1 Å². The van der Waals surface area contributed by atoms with Crippen LogP contribution in [-0.4, -0.2) is 40.5 Å². The molecule has 6 rings (SSSR count). The summed E-state index contributed by atoms with van der Waals surface area (Å²) in [6.07, 6.45) is 11.6. The lowest BCUT2D eigenvalue weighted by molar-refractivity contribution is -0.213. The Morgan fingerprint density at radius 2 is 1.67 bits per heavy atom. The standard InChI is InChI=1S/C44H65ClN2O5/c1-26(2)36-30(48)23-44(21-22-47-41(7,8)33-14-11-27(45)25-46-33)20-15-29-28(37(36)44)12-13-32-42(29,9)18-16-31-40(5,6)34(17-19-43(31,32)10)52-35(49)24-39(3,4)38(50)51/h11,14,25-26,28-29,31-32,34,47H,12-13,15-24H2,1-10H3,(H,50,51). The highest BCUT2D eigenvalue weighted by molar-refractivity contribution is 6.30. The number of aliphatic carboxylic acids is 1. The molecule has 8 unspecified atom stereocenters. The molecule has 0 spiro atoms. The molecule has 0 amide bonds. The Morgan fingerprint density at radius 1 is 0.981 bits per heavy atom. The number of esters is 1. The number of ether oxygens (including phenoxy) is 1. The fourth-order valence-electron chi connectivity index (χ4n) is 13.0. The summed E-state index contributed by atoms with van der Waals surface area (Å²) in [5.74, 6) is 1.23. The zero-order chi connectivity index (χ0) is 38.2. The van der Waals surface area contributed by atoms with Crippen molar-refractivity contribution in [1.29, 1.82) is 0 Å². The molecule has 8 atom stereocenters. The molecule has 288 valence electrons. The minimum atomic E-state index is -1.15. The molecule has 1 aromatic heterocycles. The average Bonchev–Trinajstić information content (AvgIpc) is 3.34. The SMILES string of the molecule is CC(C)C1=C2C3CCC4C(C)(CCC5C(C)(C)C(OC(=O)CC(C)(C)C(=O)O)CCC54C)C3CCC2(CCNC(C)(C)c2ccc(Cl)cn2)CC1=O. The third-order valence-electron chi connectivity index (χ3n) is 15.7. The maximum Gasteiger partial charge on any atom is 0.309 e. The van der Waals surface area contributed by atoms with Crippen LogP contribution in [0.4, 0.5) is 0 Å². The van der Waals surface area contributed by atoms with E-state index in [1.54, 1.807) is 20.0 Å². The minimum absolute atomic E-state index is 0.0716. The van der Waals surface area contributed by atoms with Crippen molar-refractivity contribution in [1.82, 2.24) is 10.3 Å². The number of ketones is 1. The van der Waals surface area contributed by atoms with Crippen LogP contribution < -0.4 is 5.32 Å². The van der Waals surface area contributed by atoms with Gasteiger partial charge in [0.1, 0.15) is 6.10 Å². The number of nitrogens with zero attached hydrogens (tertiary/aromatic N) is 1. The Kier molecular flexibility index (Phi) is 10.2. The lowest BCUT2D eigenvalue weighted by atomic mass is 9.36. The molecular formula is C44H65ClN2O5. The first-order chi connectivity index (χ1) is 24.1. The van der Waals surface area contributed by atoms with Gasteiger partial charge in [-0.15, -0.1) is 0 Å². The van der Waals surface area contributed by atoms with Crippen LogP contribution in [0.3, 0.4) is 0 Å². The molecule has 4 fully saturated rings. The maximum atomic E-state index is 14.0. The van der Waals surface area contributed by atoms with Crippen LogP contribution in [0, 0.1) is 56.7 Å². The number of carbonyl (C=O) groups excluding carboxylic acids is 2. The molecule has 52 heavy (non-hydrogen) atoms. The van der Waals surface area contributed by atoms with E-state index in [4.69, 9.17) is 16.3 Å². The smallest absolute Gasteiger partial charge is 0.309 e. The molecule has 0 radical (unpaired) electrons. The number of carbonyl (C=O) groups is 3. The molecule has 2 N–H and O–H groups in total. The number of Topliss-reactive ketones (excluding diaryl/α,β-unsaturated/α-hetero) is 1. The minimum Gasteiger partial charge on any atom is -0.481 e. The van der Waals surface area contributed by atoms with Crippen molar-refractivity contribution in [3.63, 3.8) is 0 Å². The summed E-state index contributed by atoms with van der Waals surface area (Å²) in [4.78, 5) is 43.4. The van der Waals surface area contributed by atoms with E-state index in [1.807, 2.05) is 12.1 Å². The monoisotopic (exact) mass is 736 g/mol. The van der Waals surface area contributed by atoms with Crippen LogP contribution in [0.5, 0.6) is 0 Å². The lowest BCUT2D eigenvalue weighted by Crippen LogP contribution is -2.63. The van der Waals surface area contributed by atoms with E-state index >= 15 is 0 Å². The first-order valence-electron chi connectivity index (χ1n) is 20.2. The van der Waals surface area contributed by atoms with Gasteiger partial charge in [-0.1, -0.05) is 58.7 Å². The van der Waals surface area contributed by atoms with Gasteiger partial charge in [0.25, 0.3) is 0 Å². The van der Waals surface area contributed by atoms with Crippen molar-refractivity contribution in [2.45, 2.75) is 152 Å². The second-order valence-corrected chi connectivity index (χ2v) is 20.7. The molecule has 0 saturated heterocycles. The topological polar surface area (TPSA) is 106 Å². The lowest BCUT2D eigenvalue weighted by Gasteiger charge is -2.69. The van der Waals surface area contributed by atoms with Crippen molar-refractivity contribution >= 4 is 29.3 Å². The molecule has 1 heterocycles. The van der Waals surface area contributed by atoms with Crippen molar-refractivity contribution in [2.75, 3.05) is 6.54 Å². The maximum absolute atomic E-state index is 14.0. The van der Waals surface area contributed by atoms with Gasteiger partial charge in [-0.05, 0) is 150 Å². The second-order valence-electron chi connectivity index (χ2n) is 20.2. The summed E-state index contributed by atoms with van der Waals surface area (Å²) in [6.45, 7) is 22.5. The summed E-state index contributed by atoms with van der Waals surface area (Å²) < 4.78 is 6.17. The molecule has 5 aliphatic carbocycles. The van der Waals surface area contributed by atoms with Crippen molar-refractivity contribution < 1.29 is 24.2 Å². The fraction of sp³-hybridized carbons (Fsp3) is 0.773. The second kappa shape index (κ2) is 13.5. The number of nitrogens with one attached hydrogen (secondary N) is 1. The third kappa shape index (κ3) is 6.50. The van der Waals surface area contributed by atoms with Crippen LogP contribution in [0.25, 0.3) is 0 Å². The zero-order valence-corrected chi connectivity index (χ0v) is 34.3. The predicted octanol–water partition coefficient (Wildman–Crippen LogP) is 9.95. The predicted molar refractivity (Wildman–Crippen MR) is 206 cm³/mol. The Labute approximate surface area is 317 Å². The molecule has 0 aliphatic heterocycles. The van der Waals surface area contributed by atoms with E-state index in [2.05, 4.69) is 65.7 Å². The van der Waals surface area contributed by atoms with Gasteiger partial charge in [-0.2, -0.15) is 0 Å². The van der Waals surface area contributed by atoms with Crippen LogP contribution in [0.1, 0.15) is 146 Å². The van der Waals surface area contributed by atoms with E-state index in [1.165, 1.54) is 18.4 Å². The summed E-state index contributed by atoms with van der Waals surface area (Å²) in [6, 6.07) is 3.90. The Bertz CT molecular complexity index is 1610. The number of hydrogen-bond acceptors (Lipinski definition) is 6. The largest absolute Gasteiger partial charge is 0.481 e.